The quantitative estimate of drug-likeness (QED) is 0.475. The Hall–Kier alpha value is -3.89. The van der Waals surface area contributed by atoms with Crippen LogP contribution in [0.1, 0.15) is 17.5 Å². The summed E-state index contributed by atoms with van der Waals surface area (Å²) in [5.74, 6) is 4.00. The molecule has 0 radical (unpaired) electrons. The Morgan fingerprint density at radius 1 is 1.19 bits per heavy atom. The summed E-state index contributed by atoms with van der Waals surface area (Å²) >= 11 is 0. The molecule has 7 nitrogen and oxygen atoms in total. The molecule has 1 aliphatic rings. The van der Waals surface area contributed by atoms with Crippen molar-refractivity contribution in [3.8, 4) is 29.2 Å². The standard InChI is InChI=1S/C25H24N6O/c1-4-17-7-16(2)24-19(8-17)12-27-25(30-24)29-21-9-18(20-13-28-31(3)15-20)10-23(11-21)32-22-5-6-26-14-22/h1,7-13,15,22,26H,5-6,14H2,2-3H3,(H,27,29,30)/t22-/m1/s1. The number of aryl methyl sites for hydroxylation is 2. The van der Waals surface area contributed by atoms with Crippen molar-refractivity contribution in [3.05, 3.63) is 60.0 Å². The van der Waals surface area contributed by atoms with Gasteiger partial charge in [-0.05, 0) is 55.3 Å². The maximum absolute atomic E-state index is 6.25. The Labute approximate surface area is 186 Å². The van der Waals surface area contributed by atoms with E-state index in [1.54, 1.807) is 10.9 Å². The molecule has 7 heteroatoms. The maximum Gasteiger partial charge on any atom is 0.227 e. The van der Waals surface area contributed by atoms with Crippen LogP contribution in [0.4, 0.5) is 11.6 Å². The average molecular weight is 425 g/mol. The van der Waals surface area contributed by atoms with E-state index in [0.717, 1.165) is 64.1 Å². The number of rotatable bonds is 5. The van der Waals surface area contributed by atoms with E-state index >= 15 is 0 Å². The van der Waals surface area contributed by atoms with Crippen LogP contribution in [0.5, 0.6) is 5.75 Å². The van der Waals surface area contributed by atoms with Crippen LogP contribution in [0, 0.1) is 19.3 Å². The van der Waals surface area contributed by atoms with Crippen LogP contribution < -0.4 is 15.4 Å². The van der Waals surface area contributed by atoms with Crippen molar-refractivity contribution in [1.82, 2.24) is 25.1 Å². The third-order valence-electron chi connectivity index (χ3n) is 5.56. The number of nitrogens with one attached hydrogen (secondary N) is 2. The van der Waals surface area contributed by atoms with E-state index in [9.17, 15) is 0 Å². The highest BCUT2D eigenvalue weighted by molar-refractivity contribution is 5.84. The molecule has 1 saturated heterocycles. The third-order valence-corrected chi connectivity index (χ3v) is 5.56. The summed E-state index contributed by atoms with van der Waals surface area (Å²) in [5, 5.41) is 11.9. The Morgan fingerprint density at radius 3 is 2.84 bits per heavy atom. The molecule has 0 bridgehead atoms. The van der Waals surface area contributed by atoms with Crippen molar-refractivity contribution < 1.29 is 4.74 Å². The fourth-order valence-corrected chi connectivity index (χ4v) is 3.99. The van der Waals surface area contributed by atoms with Crippen molar-refractivity contribution >= 4 is 22.5 Å². The lowest BCUT2D eigenvalue weighted by Gasteiger charge is -2.15. The maximum atomic E-state index is 6.25. The van der Waals surface area contributed by atoms with E-state index in [1.165, 1.54) is 0 Å². The first-order chi connectivity index (χ1) is 15.6. The van der Waals surface area contributed by atoms with Crippen LogP contribution in [-0.4, -0.2) is 38.9 Å². The molecule has 0 amide bonds. The van der Waals surface area contributed by atoms with E-state index in [-0.39, 0.29) is 6.10 Å². The van der Waals surface area contributed by atoms with E-state index in [2.05, 4.69) is 32.7 Å². The highest BCUT2D eigenvalue weighted by atomic mass is 16.5. The number of terminal acetylenes is 1. The van der Waals surface area contributed by atoms with Gasteiger partial charge in [-0.25, -0.2) is 9.97 Å². The number of benzene rings is 2. The van der Waals surface area contributed by atoms with Crippen LogP contribution in [0.25, 0.3) is 22.0 Å². The molecular weight excluding hydrogens is 400 g/mol. The van der Waals surface area contributed by atoms with Crippen molar-refractivity contribution in [2.24, 2.45) is 7.05 Å². The largest absolute Gasteiger partial charge is 0.489 e. The summed E-state index contributed by atoms with van der Waals surface area (Å²) in [4.78, 5) is 9.23. The van der Waals surface area contributed by atoms with E-state index in [1.807, 2.05) is 50.6 Å². The summed E-state index contributed by atoms with van der Waals surface area (Å²) in [6.07, 6.45) is 12.3. The van der Waals surface area contributed by atoms with Gasteiger partial charge in [-0.3, -0.25) is 4.68 Å². The molecule has 2 aromatic heterocycles. The van der Waals surface area contributed by atoms with Crippen LogP contribution in [0.15, 0.2) is 48.9 Å². The summed E-state index contributed by atoms with van der Waals surface area (Å²) in [5.41, 5.74) is 5.60. The molecule has 0 unspecified atom stereocenters. The number of aromatic nitrogens is 4. The summed E-state index contributed by atoms with van der Waals surface area (Å²) in [7, 11) is 1.91. The van der Waals surface area contributed by atoms with Crippen molar-refractivity contribution in [3.63, 3.8) is 0 Å². The Balaban J connectivity index is 1.50. The number of anilines is 2. The number of fused-ring (bicyclic) bond motifs is 1. The monoisotopic (exact) mass is 424 g/mol. The molecule has 4 aromatic rings. The zero-order valence-corrected chi connectivity index (χ0v) is 18.1. The summed E-state index contributed by atoms with van der Waals surface area (Å²) in [6, 6.07) is 9.98. The van der Waals surface area contributed by atoms with E-state index in [4.69, 9.17) is 16.1 Å². The predicted octanol–water partition coefficient (Wildman–Crippen LogP) is 3.80. The zero-order valence-electron chi connectivity index (χ0n) is 18.1. The second-order valence-electron chi connectivity index (χ2n) is 8.08. The molecule has 160 valence electrons. The van der Waals surface area contributed by atoms with Gasteiger partial charge in [0.2, 0.25) is 5.95 Å². The lowest BCUT2D eigenvalue weighted by atomic mass is 10.1. The molecule has 5 rings (SSSR count). The van der Waals surface area contributed by atoms with Gasteiger partial charge in [0.1, 0.15) is 11.9 Å². The minimum absolute atomic E-state index is 0.164. The summed E-state index contributed by atoms with van der Waals surface area (Å²) < 4.78 is 8.04. The first-order valence-electron chi connectivity index (χ1n) is 10.6. The Bertz CT molecular complexity index is 1330. The molecule has 2 N–H and O–H groups in total. The van der Waals surface area contributed by atoms with Gasteiger partial charge in [-0.1, -0.05) is 5.92 Å². The number of ether oxygens (including phenoxy) is 1. The molecule has 2 aromatic carbocycles. The highest BCUT2D eigenvalue weighted by Crippen LogP contribution is 2.31. The number of hydrogen-bond donors (Lipinski definition) is 2. The summed E-state index contributed by atoms with van der Waals surface area (Å²) in [6.45, 7) is 3.83. The molecule has 1 aliphatic heterocycles. The van der Waals surface area contributed by atoms with Gasteiger partial charge in [-0.15, -0.1) is 6.42 Å². The van der Waals surface area contributed by atoms with Gasteiger partial charge in [0.15, 0.2) is 0 Å². The highest BCUT2D eigenvalue weighted by Gasteiger charge is 2.17. The molecule has 0 saturated carbocycles. The van der Waals surface area contributed by atoms with Crippen LogP contribution in [0.3, 0.4) is 0 Å². The molecule has 0 spiro atoms. The minimum Gasteiger partial charge on any atom is -0.489 e. The van der Waals surface area contributed by atoms with Crippen molar-refractivity contribution in [1.29, 1.82) is 0 Å². The van der Waals surface area contributed by atoms with Gasteiger partial charge in [0.25, 0.3) is 0 Å². The first-order valence-corrected chi connectivity index (χ1v) is 10.6. The van der Waals surface area contributed by atoms with Gasteiger partial charge < -0.3 is 15.4 Å². The van der Waals surface area contributed by atoms with Gasteiger partial charge in [0.05, 0.1) is 11.7 Å². The second-order valence-corrected chi connectivity index (χ2v) is 8.08. The molecule has 1 atom stereocenters. The zero-order chi connectivity index (χ0) is 22.1. The van der Waals surface area contributed by atoms with Crippen LogP contribution >= 0.6 is 0 Å². The average Bonchev–Trinajstić information content (AvgIpc) is 3.45. The fraction of sp³-hybridized carbons (Fsp3) is 0.240. The topological polar surface area (TPSA) is 76.9 Å². The SMILES string of the molecule is C#Cc1cc(C)c2nc(Nc3cc(O[C@@H]4CCNC4)cc(-c4cnn(C)c4)c3)ncc2c1. The normalized spacial score (nSPS) is 15.6. The van der Waals surface area contributed by atoms with E-state index in [0.29, 0.717) is 5.95 Å². The number of hydrogen-bond acceptors (Lipinski definition) is 6. The van der Waals surface area contributed by atoms with Crippen LogP contribution in [0.2, 0.25) is 0 Å². The van der Waals surface area contributed by atoms with Crippen molar-refractivity contribution in [2.75, 3.05) is 18.4 Å². The van der Waals surface area contributed by atoms with Gasteiger partial charge in [0, 0.05) is 54.3 Å². The minimum atomic E-state index is 0.164. The fourth-order valence-electron chi connectivity index (χ4n) is 3.99. The molecule has 1 fully saturated rings. The molecule has 0 aliphatic carbocycles. The molecular formula is C25H24N6O. The van der Waals surface area contributed by atoms with Gasteiger partial charge >= 0.3 is 0 Å². The molecule has 3 heterocycles. The van der Waals surface area contributed by atoms with Crippen molar-refractivity contribution in [2.45, 2.75) is 19.4 Å². The Morgan fingerprint density at radius 2 is 2.09 bits per heavy atom. The second kappa shape index (κ2) is 8.33. The predicted molar refractivity (Wildman–Crippen MR) is 126 cm³/mol. The lowest BCUT2D eigenvalue weighted by molar-refractivity contribution is 0.223. The van der Waals surface area contributed by atoms with Gasteiger partial charge in [-0.2, -0.15) is 5.10 Å². The third kappa shape index (κ3) is 4.13. The Kier molecular flexibility index (Phi) is 5.21. The van der Waals surface area contributed by atoms with E-state index < -0.39 is 0 Å². The molecule has 32 heavy (non-hydrogen) atoms. The van der Waals surface area contributed by atoms with Crippen LogP contribution in [-0.2, 0) is 7.05 Å². The smallest absolute Gasteiger partial charge is 0.227 e. The first kappa shape index (κ1) is 20.0. The number of nitrogens with zero attached hydrogens (tertiary/aromatic N) is 4. The lowest BCUT2D eigenvalue weighted by Crippen LogP contribution is -2.19.